The molecule has 0 atom stereocenters. The number of hydrogen-bond acceptors (Lipinski definition) is 2. The zero-order chi connectivity index (χ0) is 13.2. The minimum atomic E-state index is -0.0225. The Labute approximate surface area is 110 Å². The van der Waals surface area contributed by atoms with Crippen molar-refractivity contribution in [3.05, 3.63) is 65.2 Å². The summed E-state index contributed by atoms with van der Waals surface area (Å²) < 4.78 is 3.79. The molecule has 4 heteroatoms. The van der Waals surface area contributed by atoms with Crippen LogP contribution >= 0.6 is 0 Å². The molecule has 3 aromatic rings. The molecule has 0 bridgehead atoms. The Balaban J connectivity index is 1.86. The third kappa shape index (κ3) is 2.25. The molecule has 0 unspecified atom stereocenters. The van der Waals surface area contributed by atoms with Crippen LogP contribution in [0.2, 0.25) is 0 Å². The molecule has 0 spiro atoms. The maximum atomic E-state index is 11.7. The van der Waals surface area contributed by atoms with E-state index >= 15 is 0 Å². The van der Waals surface area contributed by atoms with E-state index in [0.29, 0.717) is 12.2 Å². The van der Waals surface area contributed by atoms with Gasteiger partial charge in [0.05, 0.1) is 0 Å². The van der Waals surface area contributed by atoms with Gasteiger partial charge in [0.2, 0.25) is 0 Å². The van der Waals surface area contributed by atoms with Crippen molar-refractivity contribution >= 4 is 16.6 Å². The van der Waals surface area contributed by atoms with Gasteiger partial charge in [-0.25, -0.2) is 0 Å². The van der Waals surface area contributed by atoms with Gasteiger partial charge in [-0.3, -0.25) is 4.79 Å². The molecule has 0 aliphatic carbocycles. The SMILES string of the molecule is Nc1ccc(=O)n(CCn2ccc3ccccc32)c1. The molecular weight excluding hydrogens is 238 g/mol. The molecule has 0 saturated heterocycles. The van der Waals surface area contributed by atoms with E-state index in [4.69, 9.17) is 5.73 Å². The smallest absolute Gasteiger partial charge is 0.250 e. The lowest BCUT2D eigenvalue weighted by molar-refractivity contribution is 0.578. The molecule has 96 valence electrons. The van der Waals surface area contributed by atoms with Gasteiger partial charge >= 0.3 is 0 Å². The topological polar surface area (TPSA) is 53.0 Å². The van der Waals surface area contributed by atoms with Crippen LogP contribution in [0.25, 0.3) is 10.9 Å². The Morgan fingerprint density at radius 2 is 1.74 bits per heavy atom. The van der Waals surface area contributed by atoms with Crippen LogP contribution in [0.3, 0.4) is 0 Å². The Bertz CT molecular complexity index is 770. The van der Waals surface area contributed by atoms with Gasteiger partial charge in [-0.1, -0.05) is 18.2 Å². The second kappa shape index (κ2) is 4.65. The Morgan fingerprint density at radius 1 is 0.947 bits per heavy atom. The third-order valence-corrected chi connectivity index (χ3v) is 3.27. The predicted molar refractivity (Wildman–Crippen MR) is 77.1 cm³/mol. The molecule has 0 radical (unpaired) electrons. The molecule has 19 heavy (non-hydrogen) atoms. The molecule has 4 nitrogen and oxygen atoms in total. The van der Waals surface area contributed by atoms with E-state index in [-0.39, 0.29) is 5.56 Å². The molecule has 3 rings (SSSR count). The maximum Gasteiger partial charge on any atom is 0.250 e. The van der Waals surface area contributed by atoms with Crippen LogP contribution in [0.4, 0.5) is 5.69 Å². The number of aryl methyl sites for hydroxylation is 2. The van der Waals surface area contributed by atoms with Crippen LogP contribution in [0.1, 0.15) is 0 Å². The molecule has 1 aromatic carbocycles. The van der Waals surface area contributed by atoms with Gasteiger partial charge in [-0.15, -0.1) is 0 Å². The number of nitrogens with zero attached hydrogens (tertiary/aromatic N) is 2. The number of hydrogen-bond donors (Lipinski definition) is 1. The fourth-order valence-electron chi connectivity index (χ4n) is 2.28. The van der Waals surface area contributed by atoms with E-state index in [2.05, 4.69) is 22.8 Å². The summed E-state index contributed by atoms with van der Waals surface area (Å²) in [5.74, 6) is 0. The molecule has 0 aliphatic rings. The number of aromatic nitrogens is 2. The molecular formula is C15H15N3O. The monoisotopic (exact) mass is 253 g/mol. The van der Waals surface area contributed by atoms with Gasteiger partial charge < -0.3 is 14.9 Å². The van der Waals surface area contributed by atoms with Crippen LogP contribution < -0.4 is 11.3 Å². The number of nitrogens with two attached hydrogens (primary N) is 1. The van der Waals surface area contributed by atoms with Crippen LogP contribution in [-0.4, -0.2) is 9.13 Å². The highest BCUT2D eigenvalue weighted by Gasteiger charge is 2.01. The minimum Gasteiger partial charge on any atom is -0.398 e. The van der Waals surface area contributed by atoms with Crippen molar-refractivity contribution in [2.75, 3.05) is 5.73 Å². The Kier molecular flexibility index (Phi) is 2.83. The standard InChI is InChI=1S/C15H15N3O/c16-13-5-6-15(19)18(11-13)10-9-17-8-7-12-3-1-2-4-14(12)17/h1-8,11H,9-10,16H2. The highest BCUT2D eigenvalue weighted by molar-refractivity contribution is 5.79. The average molecular weight is 253 g/mol. The zero-order valence-electron chi connectivity index (χ0n) is 10.5. The zero-order valence-corrected chi connectivity index (χ0v) is 10.5. The second-order valence-corrected chi connectivity index (χ2v) is 4.56. The van der Waals surface area contributed by atoms with Crippen molar-refractivity contribution in [1.82, 2.24) is 9.13 Å². The summed E-state index contributed by atoms with van der Waals surface area (Å²) in [6.45, 7) is 1.36. The fraction of sp³-hybridized carbons (Fsp3) is 0.133. The first-order chi connectivity index (χ1) is 9.24. The maximum absolute atomic E-state index is 11.7. The summed E-state index contributed by atoms with van der Waals surface area (Å²) in [5, 5.41) is 1.21. The quantitative estimate of drug-likeness (QED) is 0.777. The van der Waals surface area contributed by atoms with E-state index in [0.717, 1.165) is 6.54 Å². The minimum absolute atomic E-state index is 0.0225. The number of rotatable bonds is 3. The summed E-state index contributed by atoms with van der Waals surface area (Å²) in [5.41, 5.74) is 7.47. The van der Waals surface area contributed by atoms with E-state index in [1.54, 1.807) is 16.8 Å². The van der Waals surface area contributed by atoms with Crippen molar-refractivity contribution < 1.29 is 0 Å². The van der Waals surface area contributed by atoms with Crippen LogP contribution in [-0.2, 0) is 13.1 Å². The Hall–Kier alpha value is -2.49. The van der Waals surface area contributed by atoms with E-state index in [9.17, 15) is 4.79 Å². The van der Waals surface area contributed by atoms with Crippen molar-refractivity contribution in [2.24, 2.45) is 0 Å². The molecule has 0 fully saturated rings. The molecule has 0 saturated carbocycles. The lowest BCUT2D eigenvalue weighted by Gasteiger charge is -2.08. The van der Waals surface area contributed by atoms with Gasteiger partial charge in [-0.2, -0.15) is 0 Å². The lowest BCUT2D eigenvalue weighted by Crippen LogP contribution is -2.21. The van der Waals surface area contributed by atoms with E-state index in [1.807, 2.05) is 18.3 Å². The highest BCUT2D eigenvalue weighted by atomic mass is 16.1. The number of pyridine rings is 1. The first-order valence-corrected chi connectivity index (χ1v) is 6.24. The normalized spacial score (nSPS) is 10.9. The third-order valence-electron chi connectivity index (χ3n) is 3.27. The molecule has 0 amide bonds. The number of nitrogen functional groups attached to an aromatic ring is 1. The second-order valence-electron chi connectivity index (χ2n) is 4.56. The fourth-order valence-corrected chi connectivity index (χ4v) is 2.28. The van der Waals surface area contributed by atoms with E-state index < -0.39 is 0 Å². The predicted octanol–water partition coefficient (Wildman–Crippen LogP) is 2.09. The number of anilines is 1. The van der Waals surface area contributed by atoms with Gasteiger partial charge in [0.15, 0.2) is 0 Å². The number of para-hydroxylation sites is 1. The van der Waals surface area contributed by atoms with Crippen molar-refractivity contribution in [2.45, 2.75) is 13.1 Å². The summed E-state index contributed by atoms with van der Waals surface area (Å²) in [7, 11) is 0. The van der Waals surface area contributed by atoms with Crippen LogP contribution in [0.15, 0.2) is 59.7 Å². The van der Waals surface area contributed by atoms with Gasteiger partial charge in [-0.05, 0) is 23.6 Å². The number of fused-ring (bicyclic) bond motifs is 1. The van der Waals surface area contributed by atoms with Gasteiger partial charge in [0, 0.05) is 42.8 Å². The van der Waals surface area contributed by atoms with Crippen molar-refractivity contribution in [3.8, 4) is 0 Å². The first kappa shape index (κ1) is 11.6. The van der Waals surface area contributed by atoms with Gasteiger partial charge in [0.25, 0.3) is 5.56 Å². The largest absolute Gasteiger partial charge is 0.398 e. The summed E-state index contributed by atoms with van der Waals surface area (Å²) in [4.78, 5) is 11.7. The molecule has 2 aromatic heterocycles. The van der Waals surface area contributed by atoms with E-state index in [1.165, 1.54) is 17.0 Å². The van der Waals surface area contributed by atoms with Crippen molar-refractivity contribution in [3.63, 3.8) is 0 Å². The summed E-state index contributed by atoms with van der Waals surface area (Å²) >= 11 is 0. The molecule has 2 N–H and O–H groups in total. The Morgan fingerprint density at radius 3 is 2.63 bits per heavy atom. The lowest BCUT2D eigenvalue weighted by atomic mass is 10.2. The summed E-state index contributed by atoms with van der Waals surface area (Å²) in [6.07, 6.45) is 3.73. The van der Waals surface area contributed by atoms with Crippen LogP contribution in [0, 0.1) is 0 Å². The molecule has 2 heterocycles. The summed E-state index contributed by atoms with van der Waals surface area (Å²) in [6, 6.07) is 13.4. The van der Waals surface area contributed by atoms with Crippen LogP contribution in [0.5, 0.6) is 0 Å². The first-order valence-electron chi connectivity index (χ1n) is 6.24. The molecule has 0 aliphatic heterocycles. The average Bonchev–Trinajstić information content (AvgIpc) is 2.83. The van der Waals surface area contributed by atoms with Gasteiger partial charge in [0.1, 0.15) is 0 Å². The van der Waals surface area contributed by atoms with Crippen molar-refractivity contribution in [1.29, 1.82) is 0 Å². The number of benzene rings is 1. The highest BCUT2D eigenvalue weighted by Crippen LogP contribution is 2.14.